The molecule has 1 saturated carbocycles. The second-order valence-corrected chi connectivity index (χ2v) is 11.2. The van der Waals surface area contributed by atoms with Crippen molar-refractivity contribution in [3.63, 3.8) is 0 Å². The van der Waals surface area contributed by atoms with Gasteiger partial charge in [-0.3, -0.25) is 24.0 Å². The fraction of sp³-hybridized carbons (Fsp3) is 0.571. The number of amides is 5. The first kappa shape index (κ1) is 29.0. The molecule has 3 aliphatic rings. The second-order valence-electron chi connectivity index (χ2n) is 11.2. The Kier molecular flexibility index (Phi) is 9.06. The number of urea groups is 1. The Morgan fingerprint density at radius 1 is 1.02 bits per heavy atom. The molecule has 40 heavy (non-hydrogen) atoms. The number of nitrogens with one attached hydrogen (secondary N) is 3. The molecule has 0 aromatic heterocycles. The molecule has 1 heterocycles. The number of nitrogens with zero attached hydrogens (tertiary/aromatic N) is 1. The number of carbonyl (C=O) groups excluding carboxylic acids is 5. The number of likely N-dealkylation sites (tertiary alicyclic amines) is 1. The zero-order chi connectivity index (χ0) is 29.0. The van der Waals surface area contributed by atoms with E-state index in [0.717, 1.165) is 30.4 Å². The molecule has 1 aliphatic heterocycles. The van der Waals surface area contributed by atoms with E-state index in [1.165, 1.54) is 4.90 Å². The molecule has 1 aromatic rings. The maximum absolute atomic E-state index is 14.0. The topological polar surface area (TPSA) is 188 Å². The molecular formula is C28H37N5O7. The molecule has 216 valence electrons. The van der Waals surface area contributed by atoms with Gasteiger partial charge in [0.1, 0.15) is 18.6 Å². The minimum atomic E-state index is -1.22. The molecule has 4 atom stereocenters. The molecule has 5 amide bonds. The van der Waals surface area contributed by atoms with E-state index in [1.807, 2.05) is 31.2 Å². The van der Waals surface area contributed by atoms with Gasteiger partial charge in [-0.25, -0.2) is 4.79 Å². The summed E-state index contributed by atoms with van der Waals surface area (Å²) in [6.07, 6.45) is 4.75. The monoisotopic (exact) mass is 555 g/mol. The van der Waals surface area contributed by atoms with E-state index in [1.54, 1.807) is 0 Å². The Bertz CT molecular complexity index is 1160. The summed E-state index contributed by atoms with van der Waals surface area (Å²) < 4.78 is 0. The van der Waals surface area contributed by atoms with Gasteiger partial charge in [-0.15, -0.1) is 0 Å². The number of carboxylic acid groups (broad SMARTS) is 1. The summed E-state index contributed by atoms with van der Waals surface area (Å²) in [5.74, 6) is -4.52. The number of Topliss-reactive ketones (excluding diaryl/α,β-unsaturated/α-hetero) is 1. The van der Waals surface area contributed by atoms with Crippen LogP contribution in [0, 0.1) is 17.8 Å². The van der Waals surface area contributed by atoms with E-state index in [-0.39, 0.29) is 24.3 Å². The molecule has 12 heteroatoms. The molecule has 0 radical (unpaired) electrons. The highest BCUT2D eigenvalue weighted by atomic mass is 16.4. The quantitative estimate of drug-likeness (QED) is 0.240. The van der Waals surface area contributed by atoms with Gasteiger partial charge >= 0.3 is 12.0 Å². The summed E-state index contributed by atoms with van der Waals surface area (Å²) in [5, 5.41) is 16.5. The summed E-state index contributed by atoms with van der Waals surface area (Å²) in [4.78, 5) is 76.7. The van der Waals surface area contributed by atoms with Gasteiger partial charge in [0.2, 0.25) is 17.6 Å². The summed E-state index contributed by atoms with van der Waals surface area (Å²) >= 11 is 0. The number of carbonyl (C=O) groups is 6. The number of rotatable bonds is 11. The number of aliphatic carboxylic acids is 1. The maximum Gasteiger partial charge on any atom is 0.323 e. The van der Waals surface area contributed by atoms with Crippen molar-refractivity contribution < 1.29 is 33.9 Å². The van der Waals surface area contributed by atoms with E-state index in [4.69, 9.17) is 10.8 Å². The Morgan fingerprint density at radius 2 is 1.68 bits per heavy atom. The zero-order valence-electron chi connectivity index (χ0n) is 22.6. The van der Waals surface area contributed by atoms with Crippen molar-refractivity contribution in [2.45, 2.75) is 70.0 Å². The van der Waals surface area contributed by atoms with E-state index >= 15 is 0 Å². The van der Waals surface area contributed by atoms with Crippen LogP contribution >= 0.6 is 0 Å². The lowest BCUT2D eigenvalue weighted by Gasteiger charge is -2.34. The number of benzene rings is 1. The minimum Gasteiger partial charge on any atom is -0.480 e. The molecule has 1 aromatic carbocycles. The highest BCUT2D eigenvalue weighted by molar-refractivity contribution is 6.37. The van der Waals surface area contributed by atoms with E-state index < -0.39 is 60.2 Å². The largest absolute Gasteiger partial charge is 0.480 e. The number of ketones is 1. The first-order chi connectivity index (χ1) is 19.0. The molecule has 1 saturated heterocycles. The fourth-order valence-electron chi connectivity index (χ4n) is 6.05. The van der Waals surface area contributed by atoms with Gasteiger partial charge in [-0.05, 0) is 54.6 Å². The first-order valence-corrected chi connectivity index (χ1v) is 13.8. The van der Waals surface area contributed by atoms with Crippen molar-refractivity contribution in [2.24, 2.45) is 23.5 Å². The Balaban J connectivity index is 1.53. The van der Waals surface area contributed by atoms with Crippen LogP contribution in [0.4, 0.5) is 4.79 Å². The van der Waals surface area contributed by atoms with Crippen LogP contribution in [-0.4, -0.2) is 76.7 Å². The lowest BCUT2D eigenvalue weighted by atomic mass is 9.80. The van der Waals surface area contributed by atoms with Gasteiger partial charge in [0.15, 0.2) is 0 Å². The van der Waals surface area contributed by atoms with Gasteiger partial charge in [0.05, 0.1) is 6.04 Å². The molecule has 2 fully saturated rings. The Labute approximate surface area is 232 Å². The standard InChI is InChI=1S/C28H37N5O7/c1-15-9-10-33(23(15)26(38)31-20(24(36)25(29)37)11-16-5-4-6-16)27(39)22(32-28(40)30-14-21(34)35)19-12-17-7-2-3-8-18(17)13-19/h2-3,7-8,15-16,19-20,22-23H,4-6,9-14H2,1H3,(H2,29,37)(H,31,38)(H,34,35)(H2,30,32,40)/t15-,20?,22?,23?/m0/s1. The molecule has 4 rings (SSSR count). The van der Waals surface area contributed by atoms with E-state index in [9.17, 15) is 28.8 Å². The fourth-order valence-corrected chi connectivity index (χ4v) is 6.05. The number of hydrogen-bond acceptors (Lipinski definition) is 6. The molecular weight excluding hydrogens is 518 g/mol. The third kappa shape index (κ3) is 6.60. The predicted octanol–water partition coefficient (Wildman–Crippen LogP) is 0.120. The van der Waals surface area contributed by atoms with Crippen LogP contribution in [0.1, 0.15) is 50.2 Å². The van der Waals surface area contributed by atoms with Gasteiger partial charge in [0.25, 0.3) is 5.91 Å². The van der Waals surface area contributed by atoms with Crippen LogP contribution in [0.5, 0.6) is 0 Å². The van der Waals surface area contributed by atoms with Crippen LogP contribution in [0.15, 0.2) is 24.3 Å². The van der Waals surface area contributed by atoms with Crippen molar-refractivity contribution >= 4 is 35.5 Å². The Morgan fingerprint density at radius 3 is 2.23 bits per heavy atom. The normalized spacial score (nSPS) is 22.0. The number of primary amides is 1. The number of fused-ring (bicyclic) bond motifs is 1. The summed E-state index contributed by atoms with van der Waals surface area (Å²) in [5.41, 5.74) is 7.37. The summed E-state index contributed by atoms with van der Waals surface area (Å²) in [7, 11) is 0. The molecule has 3 unspecified atom stereocenters. The minimum absolute atomic E-state index is 0.217. The molecule has 2 aliphatic carbocycles. The predicted molar refractivity (Wildman–Crippen MR) is 143 cm³/mol. The van der Waals surface area contributed by atoms with E-state index in [0.29, 0.717) is 25.7 Å². The molecule has 12 nitrogen and oxygen atoms in total. The summed E-state index contributed by atoms with van der Waals surface area (Å²) in [6, 6.07) is 3.97. The van der Waals surface area contributed by atoms with Crippen molar-refractivity contribution in [1.82, 2.24) is 20.9 Å². The highest BCUT2D eigenvalue weighted by Crippen LogP contribution is 2.33. The third-order valence-corrected chi connectivity index (χ3v) is 8.43. The van der Waals surface area contributed by atoms with Crippen molar-refractivity contribution in [3.8, 4) is 0 Å². The average molecular weight is 556 g/mol. The van der Waals surface area contributed by atoms with Crippen molar-refractivity contribution in [2.75, 3.05) is 13.1 Å². The zero-order valence-corrected chi connectivity index (χ0v) is 22.6. The average Bonchev–Trinajstić information content (AvgIpc) is 3.49. The number of carboxylic acids is 1. The smallest absolute Gasteiger partial charge is 0.323 e. The van der Waals surface area contributed by atoms with Crippen LogP contribution < -0.4 is 21.7 Å². The lowest BCUT2D eigenvalue weighted by molar-refractivity contribution is -0.143. The molecule has 6 N–H and O–H groups in total. The van der Waals surface area contributed by atoms with Crippen molar-refractivity contribution in [3.05, 3.63) is 35.4 Å². The van der Waals surface area contributed by atoms with Crippen LogP contribution in [0.25, 0.3) is 0 Å². The van der Waals surface area contributed by atoms with Gasteiger partial charge < -0.3 is 31.7 Å². The SMILES string of the molecule is C[C@H]1CCN(C(=O)C(NC(=O)NCC(=O)O)C2Cc3ccccc3C2)C1C(=O)NC(CC1CCC1)C(=O)C(N)=O. The Hall–Kier alpha value is -3.96. The maximum atomic E-state index is 14.0. The van der Waals surface area contributed by atoms with E-state index in [2.05, 4.69) is 16.0 Å². The summed E-state index contributed by atoms with van der Waals surface area (Å²) in [6.45, 7) is 1.49. The lowest BCUT2D eigenvalue weighted by Crippen LogP contribution is -2.59. The molecule has 0 spiro atoms. The second kappa shape index (κ2) is 12.5. The van der Waals surface area contributed by atoms with Crippen LogP contribution in [0.3, 0.4) is 0 Å². The third-order valence-electron chi connectivity index (χ3n) is 8.43. The number of hydrogen-bond donors (Lipinski definition) is 5. The van der Waals surface area contributed by atoms with Gasteiger partial charge in [-0.2, -0.15) is 0 Å². The van der Waals surface area contributed by atoms with Gasteiger partial charge in [-0.1, -0.05) is 50.5 Å². The van der Waals surface area contributed by atoms with Gasteiger partial charge in [0, 0.05) is 6.54 Å². The first-order valence-electron chi connectivity index (χ1n) is 13.8. The molecule has 0 bridgehead atoms. The van der Waals surface area contributed by atoms with Crippen LogP contribution in [-0.2, 0) is 36.8 Å². The van der Waals surface area contributed by atoms with Crippen molar-refractivity contribution in [1.29, 1.82) is 0 Å². The highest BCUT2D eigenvalue weighted by Gasteiger charge is 2.45. The van der Waals surface area contributed by atoms with Crippen LogP contribution in [0.2, 0.25) is 0 Å². The number of nitrogens with two attached hydrogens (primary N) is 1.